The highest BCUT2D eigenvalue weighted by molar-refractivity contribution is 7.92. The SMILES string of the molecule is COc1ccc(N(Cc2ccccc2)S(=O)(=O)c2cccc(C(=O)N3CCCCCC3)c2)cc1. The van der Waals surface area contributed by atoms with Gasteiger partial charge in [0.25, 0.3) is 15.9 Å². The summed E-state index contributed by atoms with van der Waals surface area (Å²) in [5.41, 5.74) is 1.78. The van der Waals surface area contributed by atoms with Crippen LogP contribution in [0.3, 0.4) is 0 Å². The number of rotatable bonds is 7. The molecule has 0 spiro atoms. The molecule has 1 aliphatic rings. The van der Waals surface area contributed by atoms with Crippen LogP contribution in [0.5, 0.6) is 5.75 Å². The van der Waals surface area contributed by atoms with Crippen molar-refractivity contribution in [3.63, 3.8) is 0 Å². The molecule has 3 aromatic carbocycles. The minimum atomic E-state index is -3.94. The molecule has 7 heteroatoms. The number of anilines is 1. The van der Waals surface area contributed by atoms with Gasteiger partial charge in [0.05, 0.1) is 24.2 Å². The Hall–Kier alpha value is -3.32. The van der Waals surface area contributed by atoms with Gasteiger partial charge in [-0.05, 0) is 60.9 Å². The zero-order chi connectivity index (χ0) is 24.0. The molecular weight excluding hydrogens is 448 g/mol. The van der Waals surface area contributed by atoms with E-state index >= 15 is 0 Å². The lowest BCUT2D eigenvalue weighted by Gasteiger charge is -2.25. The monoisotopic (exact) mass is 478 g/mol. The van der Waals surface area contributed by atoms with Crippen molar-refractivity contribution in [3.8, 4) is 5.75 Å². The fourth-order valence-electron chi connectivity index (χ4n) is 4.19. The highest BCUT2D eigenvalue weighted by Gasteiger charge is 2.27. The smallest absolute Gasteiger partial charge is 0.264 e. The van der Waals surface area contributed by atoms with Gasteiger partial charge in [-0.25, -0.2) is 8.42 Å². The molecule has 34 heavy (non-hydrogen) atoms. The first-order valence-corrected chi connectivity index (χ1v) is 13.0. The van der Waals surface area contributed by atoms with Gasteiger partial charge in [0.15, 0.2) is 0 Å². The van der Waals surface area contributed by atoms with Crippen LogP contribution in [-0.2, 0) is 16.6 Å². The molecule has 178 valence electrons. The second-order valence-electron chi connectivity index (χ2n) is 8.43. The number of carbonyl (C=O) groups excluding carboxylic acids is 1. The third-order valence-electron chi connectivity index (χ3n) is 6.09. The molecule has 0 atom stereocenters. The van der Waals surface area contributed by atoms with Gasteiger partial charge in [-0.2, -0.15) is 0 Å². The zero-order valence-electron chi connectivity index (χ0n) is 19.4. The number of amides is 1. The Bertz CT molecular complexity index is 1200. The summed E-state index contributed by atoms with van der Waals surface area (Å²) in [4.78, 5) is 15.1. The van der Waals surface area contributed by atoms with Crippen molar-refractivity contribution >= 4 is 21.6 Å². The molecule has 0 aliphatic carbocycles. The Morgan fingerprint density at radius 2 is 1.56 bits per heavy atom. The van der Waals surface area contributed by atoms with Gasteiger partial charge >= 0.3 is 0 Å². The van der Waals surface area contributed by atoms with E-state index in [4.69, 9.17) is 4.74 Å². The van der Waals surface area contributed by atoms with E-state index in [0.29, 0.717) is 30.1 Å². The predicted octanol–water partition coefficient (Wildman–Crippen LogP) is 5.11. The van der Waals surface area contributed by atoms with Crippen molar-refractivity contribution in [3.05, 3.63) is 90.0 Å². The fraction of sp³-hybridized carbons (Fsp3) is 0.296. The molecule has 0 unspecified atom stereocenters. The number of sulfonamides is 1. The molecule has 1 saturated heterocycles. The van der Waals surface area contributed by atoms with Crippen molar-refractivity contribution in [1.29, 1.82) is 0 Å². The molecule has 0 aromatic heterocycles. The predicted molar refractivity (Wildman–Crippen MR) is 134 cm³/mol. The molecule has 0 radical (unpaired) electrons. The third kappa shape index (κ3) is 5.42. The van der Waals surface area contributed by atoms with Crippen LogP contribution in [-0.4, -0.2) is 39.4 Å². The lowest BCUT2D eigenvalue weighted by molar-refractivity contribution is 0.0761. The van der Waals surface area contributed by atoms with Crippen LogP contribution in [0.2, 0.25) is 0 Å². The van der Waals surface area contributed by atoms with E-state index < -0.39 is 10.0 Å². The Morgan fingerprint density at radius 3 is 2.21 bits per heavy atom. The molecule has 1 fully saturated rings. The van der Waals surface area contributed by atoms with Crippen LogP contribution in [0.15, 0.2) is 83.8 Å². The van der Waals surface area contributed by atoms with Gasteiger partial charge < -0.3 is 9.64 Å². The first-order chi connectivity index (χ1) is 16.5. The average Bonchev–Trinajstić information content (AvgIpc) is 3.17. The number of likely N-dealkylation sites (tertiary alicyclic amines) is 1. The third-order valence-corrected chi connectivity index (χ3v) is 7.86. The normalized spacial score (nSPS) is 14.3. The zero-order valence-corrected chi connectivity index (χ0v) is 20.2. The first kappa shape index (κ1) is 23.8. The number of nitrogens with zero attached hydrogens (tertiary/aromatic N) is 2. The van der Waals surface area contributed by atoms with Gasteiger partial charge in [-0.1, -0.05) is 49.2 Å². The summed E-state index contributed by atoms with van der Waals surface area (Å²) >= 11 is 0. The second kappa shape index (κ2) is 10.7. The summed E-state index contributed by atoms with van der Waals surface area (Å²) in [7, 11) is -2.37. The lowest BCUT2D eigenvalue weighted by atomic mass is 10.2. The highest BCUT2D eigenvalue weighted by Crippen LogP contribution is 2.28. The molecule has 0 saturated carbocycles. The first-order valence-electron chi connectivity index (χ1n) is 11.6. The van der Waals surface area contributed by atoms with Crippen molar-refractivity contribution in [2.75, 3.05) is 24.5 Å². The molecular formula is C27H30N2O4S. The largest absolute Gasteiger partial charge is 0.497 e. The number of carbonyl (C=O) groups is 1. The van der Waals surface area contributed by atoms with E-state index in [1.165, 1.54) is 10.4 Å². The van der Waals surface area contributed by atoms with Crippen LogP contribution >= 0.6 is 0 Å². The van der Waals surface area contributed by atoms with Gasteiger partial charge in [0.2, 0.25) is 0 Å². The molecule has 1 aliphatic heterocycles. The van der Waals surface area contributed by atoms with Crippen molar-refractivity contribution in [2.45, 2.75) is 37.1 Å². The van der Waals surface area contributed by atoms with Gasteiger partial charge in [-0.3, -0.25) is 9.10 Å². The summed E-state index contributed by atoms with van der Waals surface area (Å²) in [5, 5.41) is 0. The summed E-state index contributed by atoms with van der Waals surface area (Å²) in [6.45, 7) is 1.59. The quantitative estimate of drug-likeness (QED) is 0.473. The molecule has 1 heterocycles. The molecule has 1 amide bonds. The molecule has 0 bridgehead atoms. The molecule has 4 rings (SSSR count). The Labute approximate surface area is 201 Å². The van der Waals surface area contributed by atoms with Crippen LogP contribution in [0, 0.1) is 0 Å². The van der Waals surface area contributed by atoms with E-state index in [2.05, 4.69) is 0 Å². The number of hydrogen-bond acceptors (Lipinski definition) is 4. The van der Waals surface area contributed by atoms with Crippen molar-refractivity contribution in [1.82, 2.24) is 4.90 Å². The minimum Gasteiger partial charge on any atom is -0.497 e. The molecule has 0 N–H and O–H groups in total. The number of ether oxygens (including phenoxy) is 1. The Kier molecular flexibility index (Phi) is 7.53. The van der Waals surface area contributed by atoms with Gasteiger partial charge in [0.1, 0.15) is 5.75 Å². The topological polar surface area (TPSA) is 66.9 Å². The molecule has 6 nitrogen and oxygen atoms in total. The van der Waals surface area contributed by atoms with Crippen LogP contribution in [0.25, 0.3) is 0 Å². The van der Waals surface area contributed by atoms with E-state index in [-0.39, 0.29) is 17.3 Å². The Balaban J connectivity index is 1.69. The van der Waals surface area contributed by atoms with E-state index in [9.17, 15) is 13.2 Å². The summed E-state index contributed by atoms with van der Waals surface area (Å²) in [5.74, 6) is 0.531. The number of methoxy groups -OCH3 is 1. The van der Waals surface area contributed by atoms with E-state index in [0.717, 1.165) is 31.2 Å². The maximum Gasteiger partial charge on any atom is 0.264 e. The van der Waals surface area contributed by atoms with Gasteiger partial charge in [0, 0.05) is 18.7 Å². The second-order valence-corrected chi connectivity index (χ2v) is 10.3. The van der Waals surface area contributed by atoms with Crippen molar-refractivity contribution in [2.24, 2.45) is 0 Å². The summed E-state index contributed by atoms with van der Waals surface area (Å²) < 4.78 is 34.3. The highest BCUT2D eigenvalue weighted by atomic mass is 32.2. The van der Waals surface area contributed by atoms with Crippen LogP contribution in [0.4, 0.5) is 5.69 Å². The minimum absolute atomic E-state index is 0.0971. The lowest BCUT2D eigenvalue weighted by Crippen LogP contribution is -2.33. The molecule has 3 aromatic rings. The van der Waals surface area contributed by atoms with E-state index in [1.54, 1.807) is 49.6 Å². The Morgan fingerprint density at radius 1 is 0.882 bits per heavy atom. The summed E-state index contributed by atoms with van der Waals surface area (Å²) in [6, 6.07) is 22.8. The van der Waals surface area contributed by atoms with Crippen molar-refractivity contribution < 1.29 is 17.9 Å². The summed E-state index contributed by atoms with van der Waals surface area (Å²) in [6.07, 6.45) is 4.20. The number of benzene rings is 3. The van der Waals surface area contributed by atoms with Crippen LogP contribution < -0.4 is 9.04 Å². The van der Waals surface area contributed by atoms with Crippen LogP contribution in [0.1, 0.15) is 41.6 Å². The average molecular weight is 479 g/mol. The maximum atomic E-state index is 13.9. The van der Waals surface area contributed by atoms with Gasteiger partial charge in [-0.15, -0.1) is 0 Å². The van der Waals surface area contributed by atoms with E-state index in [1.807, 2.05) is 35.2 Å². The number of hydrogen-bond donors (Lipinski definition) is 0. The fourth-order valence-corrected chi connectivity index (χ4v) is 5.69. The maximum absolute atomic E-state index is 13.9. The standard InChI is InChI=1S/C27H30N2O4S/c1-33-25-16-14-24(15-17-25)29(21-22-10-5-4-6-11-22)34(31,32)26-13-9-12-23(20-26)27(30)28-18-7-2-3-8-19-28/h4-6,9-17,20H,2-3,7-8,18-19,21H2,1H3.